The normalized spacial score (nSPS) is 12.7. The molecule has 0 heterocycles. The Labute approximate surface area is 95.9 Å². The maximum atomic E-state index is 9.12. The highest BCUT2D eigenvalue weighted by Crippen LogP contribution is 1.99. The van der Waals surface area contributed by atoms with Crippen molar-refractivity contribution < 1.29 is 24.4 Å². The molecule has 1 atom stereocenters. The molecule has 0 aliphatic carbocycles. The number of aliphatic hydroxyl groups is 2. The van der Waals surface area contributed by atoms with Crippen molar-refractivity contribution in [1.82, 2.24) is 0 Å². The molecule has 0 spiro atoms. The van der Waals surface area contributed by atoms with Gasteiger partial charge in [-0.15, -0.1) is 13.2 Å². The van der Waals surface area contributed by atoms with Crippen LogP contribution in [0.4, 0.5) is 0 Å². The zero-order valence-corrected chi connectivity index (χ0v) is 9.38. The van der Waals surface area contributed by atoms with E-state index >= 15 is 0 Å². The van der Waals surface area contributed by atoms with E-state index in [4.69, 9.17) is 24.4 Å². The van der Waals surface area contributed by atoms with E-state index in [1.165, 1.54) is 0 Å². The Morgan fingerprint density at radius 3 is 1.94 bits per heavy atom. The SMILES string of the molecule is C=CCOCC(COCC=C)OC(O)CO. The fourth-order valence-electron chi connectivity index (χ4n) is 0.958. The van der Waals surface area contributed by atoms with Crippen molar-refractivity contribution in [2.24, 2.45) is 0 Å². The van der Waals surface area contributed by atoms with Gasteiger partial charge < -0.3 is 24.4 Å². The molecular formula is C11H20O5. The molecule has 1 unspecified atom stereocenters. The summed E-state index contributed by atoms with van der Waals surface area (Å²) in [6, 6.07) is 0. The van der Waals surface area contributed by atoms with Gasteiger partial charge in [0.05, 0.1) is 33.0 Å². The fourth-order valence-corrected chi connectivity index (χ4v) is 0.958. The van der Waals surface area contributed by atoms with E-state index < -0.39 is 19.0 Å². The van der Waals surface area contributed by atoms with Crippen molar-refractivity contribution in [1.29, 1.82) is 0 Å². The van der Waals surface area contributed by atoms with E-state index in [2.05, 4.69) is 13.2 Å². The summed E-state index contributed by atoms with van der Waals surface area (Å²) in [5, 5.41) is 17.8. The highest BCUT2D eigenvalue weighted by atomic mass is 16.6. The third-order valence-electron chi connectivity index (χ3n) is 1.58. The number of hydrogen-bond donors (Lipinski definition) is 2. The zero-order valence-electron chi connectivity index (χ0n) is 9.38. The molecule has 5 heteroatoms. The lowest BCUT2D eigenvalue weighted by molar-refractivity contribution is -0.180. The summed E-state index contributed by atoms with van der Waals surface area (Å²) < 4.78 is 15.4. The van der Waals surface area contributed by atoms with Crippen LogP contribution in [-0.4, -0.2) is 55.6 Å². The molecule has 0 aromatic carbocycles. The highest BCUT2D eigenvalue weighted by molar-refractivity contribution is 4.67. The second-order valence-electron chi connectivity index (χ2n) is 3.05. The Bertz CT molecular complexity index is 169. The van der Waals surface area contributed by atoms with Crippen molar-refractivity contribution in [3.8, 4) is 0 Å². The van der Waals surface area contributed by atoms with Gasteiger partial charge in [0.25, 0.3) is 0 Å². The molecule has 0 rings (SSSR count). The molecule has 94 valence electrons. The minimum absolute atomic E-state index is 0.264. The monoisotopic (exact) mass is 232 g/mol. The highest BCUT2D eigenvalue weighted by Gasteiger charge is 2.14. The van der Waals surface area contributed by atoms with Crippen LogP contribution >= 0.6 is 0 Å². The van der Waals surface area contributed by atoms with Crippen LogP contribution in [0.25, 0.3) is 0 Å². The van der Waals surface area contributed by atoms with Crippen molar-refractivity contribution >= 4 is 0 Å². The van der Waals surface area contributed by atoms with Gasteiger partial charge in [-0.1, -0.05) is 12.2 Å². The molecule has 0 aliphatic rings. The van der Waals surface area contributed by atoms with Crippen LogP contribution < -0.4 is 0 Å². The van der Waals surface area contributed by atoms with Crippen LogP contribution in [0.15, 0.2) is 25.3 Å². The third-order valence-corrected chi connectivity index (χ3v) is 1.58. The minimum Gasteiger partial charge on any atom is -0.391 e. The van der Waals surface area contributed by atoms with Crippen LogP contribution in [-0.2, 0) is 14.2 Å². The van der Waals surface area contributed by atoms with Gasteiger partial charge in [0.1, 0.15) is 6.10 Å². The first-order chi connectivity index (χ1) is 7.74. The molecule has 0 saturated carbocycles. The van der Waals surface area contributed by atoms with Gasteiger partial charge in [0, 0.05) is 0 Å². The van der Waals surface area contributed by atoms with E-state index in [-0.39, 0.29) is 13.2 Å². The molecule has 0 aliphatic heterocycles. The second-order valence-corrected chi connectivity index (χ2v) is 3.05. The first-order valence-corrected chi connectivity index (χ1v) is 5.06. The lowest BCUT2D eigenvalue weighted by Crippen LogP contribution is -2.32. The van der Waals surface area contributed by atoms with Crippen molar-refractivity contribution in [3.05, 3.63) is 25.3 Å². The minimum atomic E-state index is -1.22. The Hall–Kier alpha value is -0.720. The average molecular weight is 232 g/mol. The molecule has 0 saturated heterocycles. The first kappa shape index (κ1) is 15.3. The second kappa shape index (κ2) is 10.8. The van der Waals surface area contributed by atoms with Gasteiger partial charge in [-0.05, 0) is 0 Å². The lowest BCUT2D eigenvalue weighted by Gasteiger charge is -2.20. The maximum Gasteiger partial charge on any atom is 0.178 e. The largest absolute Gasteiger partial charge is 0.391 e. The average Bonchev–Trinajstić information content (AvgIpc) is 2.29. The molecule has 0 aromatic rings. The van der Waals surface area contributed by atoms with E-state index in [0.717, 1.165) is 0 Å². The summed E-state index contributed by atoms with van der Waals surface area (Å²) in [5.41, 5.74) is 0. The topological polar surface area (TPSA) is 68.2 Å². The Morgan fingerprint density at radius 2 is 1.56 bits per heavy atom. The van der Waals surface area contributed by atoms with Crippen molar-refractivity contribution in [3.63, 3.8) is 0 Å². The molecular weight excluding hydrogens is 212 g/mol. The van der Waals surface area contributed by atoms with Crippen LogP contribution in [0.1, 0.15) is 0 Å². The Morgan fingerprint density at radius 1 is 1.06 bits per heavy atom. The molecule has 0 aromatic heterocycles. The third kappa shape index (κ3) is 8.58. The molecule has 0 fully saturated rings. The molecule has 0 bridgehead atoms. The number of aliphatic hydroxyl groups excluding tert-OH is 2. The van der Waals surface area contributed by atoms with E-state index in [0.29, 0.717) is 13.2 Å². The summed E-state index contributed by atoms with van der Waals surface area (Å²) in [6.45, 7) is 7.89. The summed E-state index contributed by atoms with van der Waals surface area (Å²) in [5.74, 6) is 0. The van der Waals surface area contributed by atoms with Gasteiger partial charge in [0.15, 0.2) is 6.29 Å². The quantitative estimate of drug-likeness (QED) is 0.300. The molecule has 0 radical (unpaired) electrons. The standard InChI is InChI=1S/C11H20O5/c1-3-5-14-8-10(9-15-6-4-2)16-11(13)7-12/h3-4,10-13H,1-2,5-9H2. The van der Waals surface area contributed by atoms with E-state index in [1.54, 1.807) is 12.2 Å². The van der Waals surface area contributed by atoms with Crippen molar-refractivity contribution in [2.45, 2.75) is 12.4 Å². The smallest absolute Gasteiger partial charge is 0.178 e. The Kier molecular flexibility index (Phi) is 10.3. The molecule has 2 N–H and O–H groups in total. The van der Waals surface area contributed by atoms with Gasteiger partial charge in [-0.2, -0.15) is 0 Å². The fraction of sp³-hybridized carbons (Fsp3) is 0.636. The van der Waals surface area contributed by atoms with Gasteiger partial charge >= 0.3 is 0 Å². The first-order valence-electron chi connectivity index (χ1n) is 5.06. The van der Waals surface area contributed by atoms with Crippen LogP contribution in [0, 0.1) is 0 Å². The van der Waals surface area contributed by atoms with Crippen LogP contribution in [0.2, 0.25) is 0 Å². The van der Waals surface area contributed by atoms with E-state index in [9.17, 15) is 0 Å². The van der Waals surface area contributed by atoms with E-state index in [1.807, 2.05) is 0 Å². The van der Waals surface area contributed by atoms with Gasteiger partial charge in [0.2, 0.25) is 0 Å². The molecule has 16 heavy (non-hydrogen) atoms. The van der Waals surface area contributed by atoms with Crippen LogP contribution in [0.3, 0.4) is 0 Å². The molecule has 0 amide bonds. The summed E-state index contributed by atoms with van der Waals surface area (Å²) >= 11 is 0. The maximum absolute atomic E-state index is 9.12. The van der Waals surface area contributed by atoms with Crippen LogP contribution in [0.5, 0.6) is 0 Å². The van der Waals surface area contributed by atoms with Crippen molar-refractivity contribution in [2.75, 3.05) is 33.0 Å². The number of hydrogen-bond acceptors (Lipinski definition) is 5. The predicted molar refractivity (Wildman–Crippen MR) is 60.0 cm³/mol. The summed E-state index contributed by atoms with van der Waals surface area (Å²) in [7, 11) is 0. The molecule has 5 nitrogen and oxygen atoms in total. The lowest BCUT2D eigenvalue weighted by atomic mass is 10.4. The number of ether oxygens (including phenoxy) is 3. The predicted octanol–water partition coefficient (Wildman–Crippen LogP) is 0.0875. The summed E-state index contributed by atoms with van der Waals surface area (Å²) in [6.07, 6.45) is 1.58. The summed E-state index contributed by atoms with van der Waals surface area (Å²) in [4.78, 5) is 0. The number of rotatable bonds is 11. The van der Waals surface area contributed by atoms with Gasteiger partial charge in [-0.3, -0.25) is 0 Å². The van der Waals surface area contributed by atoms with Gasteiger partial charge in [-0.25, -0.2) is 0 Å². The Balaban J connectivity index is 3.83. The zero-order chi connectivity index (χ0) is 12.2.